The van der Waals surface area contributed by atoms with Gasteiger partial charge in [-0.15, -0.1) is 0 Å². The molecule has 0 aromatic heterocycles. The summed E-state index contributed by atoms with van der Waals surface area (Å²) in [6.07, 6.45) is 2.21. The predicted molar refractivity (Wildman–Crippen MR) is 68.5 cm³/mol. The number of ether oxygens (including phenoxy) is 2. The van der Waals surface area contributed by atoms with Gasteiger partial charge in [0.2, 0.25) is 5.91 Å². The molecule has 1 aliphatic carbocycles. The zero-order chi connectivity index (χ0) is 12.8. The first kappa shape index (κ1) is 12.9. The van der Waals surface area contributed by atoms with Gasteiger partial charge in [-0.05, 0) is 25.0 Å². The number of carbonyl (C=O) groups is 1. The zero-order valence-corrected chi connectivity index (χ0v) is 10.6. The molecule has 0 saturated heterocycles. The molecule has 1 aliphatic rings. The molecule has 1 saturated carbocycles. The number of amides is 1. The number of rotatable bonds is 7. The van der Waals surface area contributed by atoms with Crippen molar-refractivity contribution in [3.8, 4) is 5.75 Å². The summed E-state index contributed by atoms with van der Waals surface area (Å²) in [5.74, 6) is 0.815. The van der Waals surface area contributed by atoms with E-state index in [9.17, 15) is 4.79 Å². The summed E-state index contributed by atoms with van der Waals surface area (Å²) >= 11 is 0. The molecular formula is C14H19NO3. The highest BCUT2D eigenvalue weighted by Crippen LogP contribution is 2.45. The molecule has 4 heteroatoms. The van der Waals surface area contributed by atoms with Gasteiger partial charge in [0.25, 0.3) is 0 Å². The lowest BCUT2D eigenvalue weighted by atomic mass is 10.1. The van der Waals surface area contributed by atoms with Gasteiger partial charge in [0.05, 0.1) is 6.61 Å². The average Bonchev–Trinajstić information content (AvgIpc) is 3.17. The Hall–Kier alpha value is -1.55. The second-order valence-electron chi connectivity index (χ2n) is 4.81. The Morgan fingerprint density at radius 1 is 1.33 bits per heavy atom. The standard InChI is InChI=1S/C14H19NO3/c1-17-9-13(16)15-10-14(7-8-14)11-18-12-5-3-2-4-6-12/h2-6H,7-11H2,1H3,(H,15,16). The number of nitrogens with one attached hydrogen (secondary N) is 1. The molecule has 4 nitrogen and oxygen atoms in total. The molecule has 0 unspecified atom stereocenters. The van der Waals surface area contributed by atoms with E-state index < -0.39 is 0 Å². The molecule has 0 heterocycles. The van der Waals surface area contributed by atoms with E-state index in [0.29, 0.717) is 13.2 Å². The molecule has 2 rings (SSSR count). The topological polar surface area (TPSA) is 47.6 Å². The zero-order valence-electron chi connectivity index (χ0n) is 10.6. The van der Waals surface area contributed by atoms with E-state index in [-0.39, 0.29) is 17.9 Å². The lowest BCUT2D eigenvalue weighted by molar-refractivity contribution is -0.125. The minimum atomic E-state index is -0.0662. The van der Waals surface area contributed by atoms with Crippen LogP contribution in [0.1, 0.15) is 12.8 Å². The van der Waals surface area contributed by atoms with Crippen molar-refractivity contribution in [2.45, 2.75) is 12.8 Å². The third-order valence-electron chi connectivity index (χ3n) is 3.18. The third kappa shape index (κ3) is 3.74. The molecule has 1 aromatic carbocycles. The number of para-hydroxylation sites is 1. The van der Waals surface area contributed by atoms with Gasteiger partial charge in [-0.2, -0.15) is 0 Å². The maximum atomic E-state index is 11.3. The van der Waals surface area contributed by atoms with Crippen LogP contribution in [0.5, 0.6) is 5.75 Å². The smallest absolute Gasteiger partial charge is 0.246 e. The Kier molecular flexibility index (Phi) is 4.20. The van der Waals surface area contributed by atoms with Crippen LogP contribution in [0, 0.1) is 5.41 Å². The number of hydrogen-bond donors (Lipinski definition) is 1. The maximum absolute atomic E-state index is 11.3. The summed E-state index contributed by atoms with van der Waals surface area (Å²) in [7, 11) is 1.52. The summed E-state index contributed by atoms with van der Waals surface area (Å²) in [6, 6.07) is 9.76. The monoisotopic (exact) mass is 249 g/mol. The van der Waals surface area contributed by atoms with E-state index in [4.69, 9.17) is 9.47 Å². The second-order valence-corrected chi connectivity index (χ2v) is 4.81. The summed E-state index contributed by atoms with van der Waals surface area (Å²) in [4.78, 5) is 11.3. The Morgan fingerprint density at radius 3 is 2.67 bits per heavy atom. The summed E-state index contributed by atoms with van der Waals surface area (Å²) in [5, 5.41) is 2.88. The maximum Gasteiger partial charge on any atom is 0.246 e. The molecule has 1 aromatic rings. The Balaban J connectivity index is 1.73. The van der Waals surface area contributed by atoms with Crippen LogP contribution in [0.2, 0.25) is 0 Å². The van der Waals surface area contributed by atoms with Crippen molar-refractivity contribution in [2.24, 2.45) is 5.41 Å². The van der Waals surface area contributed by atoms with E-state index in [2.05, 4.69) is 5.32 Å². The van der Waals surface area contributed by atoms with Crippen LogP contribution in [0.4, 0.5) is 0 Å². The van der Waals surface area contributed by atoms with E-state index in [1.165, 1.54) is 7.11 Å². The molecule has 1 amide bonds. The first-order valence-electron chi connectivity index (χ1n) is 6.18. The van der Waals surface area contributed by atoms with Crippen LogP contribution < -0.4 is 10.1 Å². The number of methoxy groups -OCH3 is 1. The van der Waals surface area contributed by atoms with Crippen LogP contribution in [0.3, 0.4) is 0 Å². The largest absolute Gasteiger partial charge is 0.493 e. The summed E-state index contributed by atoms with van der Waals surface area (Å²) in [5.41, 5.74) is 0.124. The van der Waals surface area contributed by atoms with Gasteiger partial charge >= 0.3 is 0 Å². The fraction of sp³-hybridized carbons (Fsp3) is 0.500. The molecular weight excluding hydrogens is 230 g/mol. The van der Waals surface area contributed by atoms with Gasteiger partial charge in [0.1, 0.15) is 12.4 Å². The highest BCUT2D eigenvalue weighted by molar-refractivity contribution is 5.77. The van der Waals surface area contributed by atoms with Crippen LogP contribution in [0.15, 0.2) is 30.3 Å². The van der Waals surface area contributed by atoms with Crippen molar-refractivity contribution in [2.75, 3.05) is 26.9 Å². The minimum Gasteiger partial charge on any atom is -0.493 e. The molecule has 0 aliphatic heterocycles. The predicted octanol–water partition coefficient (Wildman–Crippen LogP) is 1.61. The summed E-state index contributed by atoms with van der Waals surface area (Å²) < 4.78 is 10.5. The molecule has 0 spiro atoms. The quantitative estimate of drug-likeness (QED) is 0.798. The van der Waals surface area contributed by atoms with Gasteiger partial charge in [-0.3, -0.25) is 4.79 Å². The molecule has 18 heavy (non-hydrogen) atoms. The Morgan fingerprint density at radius 2 is 2.06 bits per heavy atom. The molecule has 0 atom stereocenters. The summed E-state index contributed by atoms with van der Waals surface area (Å²) in [6.45, 7) is 1.45. The second kappa shape index (κ2) is 5.87. The highest BCUT2D eigenvalue weighted by atomic mass is 16.5. The van der Waals surface area contributed by atoms with E-state index in [0.717, 1.165) is 18.6 Å². The van der Waals surface area contributed by atoms with Crippen molar-refractivity contribution in [1.29, 1.82) is 0 Å². The number of hydrogen-bond acceptors (Lipinski definition) is 3. The molecule has 98 valence electrons. The van der Waals surface area contributed by atoms with Crippen LogP contribution in [-0.4, -0.2) is 32.8 Å². The van der Waals surface area contributed by atoms with Crippen molar-refractivity contribution in [3.05, 3.63) is 30.3 Å². The molecule has 1 fully saturated rings. The highest BCUT2D eigenvalue weighted by Gasteiger charge is 2.43. The van der Waals surface area contributed by atoms with Gasteiger partial charge in [-0.1, -0.05) is 18.2 Å². The van der Waals surface area contributed by atoms with E-state index >= 15 is 0 Å². The lowest BCUT2D eigenvalue weighted by Crippen LogP contribution is -2.35. The molecule has 0 bridgehead atoms. The van der Waals surface area contributed by atoms with Gasteiger partial charge in [-0.25, -0.2) is 0 Å². The first-order valence-corrected chi connectivity index (χ1v) is 6.18. The minimum absolute atomic E-state index is 0.0662. The normalized spacial score (nSPS) is 16.1. The fourth-order valence-corrected chi connectivity index (χ4v) is 1.77. The molecule has 1 N–H and O–H groups in total. The van der Waals surface area contributed by atoms with E-state index in [1.807, 2.05) is 30.3 Å². The van der Waals surface area contributed by atoms with Crippen LogP contribution in [0.25, 0.3) is 0 Å². The number of benzene rings is 1. The lowest BCUT2D eigenvalue weighted by Gasteiger charge is -2.16. The van der Waals surface area contributed by atoms with Crippen molar-refractivity contribution >= 4 is 5.91 Å². The van der Waals surface area contributed by atoms with Gasteiger partial charge in [0.15, 0.2) is 0 Å². The SMILES string of the molecule is COCC(=O)NCC1(COc2ccccc2)CC1. The van der Waals surface area contributed by atoms with Crippen molar-refractivity contribution < 1.29 is 14.3 Å². The van der Waals surface area contributed by atoms with Crippen LogP contribution in [-0.2, 0) is 9.53 Å². The average molecular weight is 249 g/mol. The third-order valence-corrected chi connectivity index (χ3v) is 3.18. The van der Waals surface area contributed by atoms with Crippen LogP contribution >= 0.6 is 0 Å². The van der Waals surface area contributed by atoms with E-state index in [1.54, 1.807) is 0 Å². The fourth-order valence-electron chi connectivity index (χ4n) is 1.77. The van der Waals surface area contributed by atoms with Gasteiger partial charge in [0, 0.05) is 19.1 Å². The molecule has 0 radical (unpaired) electrons. The van der Waals surface area contributed by atoms with Gasteiger partial charge < -0.3 is 14.8 Å². The Bertz CT molecular complexity index is 387. The Labute approximate surface area is 107 Å². The number of carbonyl (C=O) groups excluding carboxylic acids is 1. The van der Waals surface area contributed by atoms with Crippen molar-refractivity contribution in [3.63, 3.8) is 0 Å². The first-order chi connectivity index (χ1) is 8.74. The van der Waals surface area contributed by atoms with Crippen molar-refractivity contribution in [1.82, 2.24) is 5.32 Å².